The van der Waals surface area contributed by atoms with Gasteiger partial charge in [0.2, 0.25) is 5.91 Å². The van der Waals surface area contributed by atoms with E-state index in [1.807, 2.05) is 36.4 Å². The van der Waals surface area contributed by atoms with Gasteiger partial charge in [0, 0.05) is 46.1 Å². The first-order chi connectivity index (χ1) is 20.1. The van der Waals surface area contributed by atoms with Crippen LogP contribution in [0.4, 0.5) is 18.9 Å². The molecule has 0 aliphatic carbocycles. The highest BCUT2D eigenvalue weighted by molar-refractivity contribution is 6.30. The van der Waals surface area contributed by atoms with Crippen molar-refractivity contribution in [1.82, 2.24) is 4.98 Å². The number of methoxy groups -OCH3 is 1. The second-order valence-corrected chi connectivity index (χ2v) is 10.7. The second-order valence-electron chi connectivity index (χ2n) is 10.3. The Morgan fingerprint density at radius 2 is 1.83 bits per heavy atom. The van der Waals surface area contributed by atoms with Gasteiger partial charge >= 0.3 is 12.1 Å². The molecule has 2 bridgehead atoms. The molecule has 0 saturated carbocycles. The zero-order chi connectivity index (χ0) is 29.9. The van der Waals surface area contributed by atoms with E-state index in [1.165, 1.54) is 25.4 Å². The quantitative estimate of drug-likeness (QED) is 0.241. The number of anilines is 1. The topological polar surface area (TPSA) is 68.3 Å². The summed E-state index contributed by atoms with van der Waals surface area (Å²) in [6, 6.07) is 20.4. The maximum absolute atomic E-state index is 13.7. The summed E-state index contributed by atoms with van der Waals surface area (Å²) < 4.78 is 45.9. The van der Waals surface area contributed by atoms with Crippen LogP contribution in [0.3, 0.4) is 0 Å². The van der Waals surface area contributed by atoms with Crippen molar-refractivity contribution in [2.75, 3.05) is 12.4 Å². The molecule has 5 nitrogen and oxygen atoms in total. The molecule has 0 saturated heterocycles. The van der Waals surface area contributed by atoms with Crippen molar-refractivity contribution in [3.63, 3.8) is 0 Å². The molecule has 9 heteroatoms. The van der Waals surface area contributed by atoms with E-state index in [2.05, 4.69) is 10.3 Å². The van der Waals surface area contributed by atoms with Gasteiger partial charge in [-0.25, -0.2) is 0 Å². The molecule has 1 amide bonds. The number of nitrogens with one attached hydrogen (secondary N) is 1. The Morgan fingerprint density at radius 3 is 2.57 bits per heavy atom. The molecule has 216 valence electrons. The number of nitrogens with zero attached hydrogens (tertiary/aromatic N) is 1. The standard InChI is InChI=1S/C33H28ClF3N2O3/c1-42-32(41)16-20-9-12-26-22-6-4-5-21(17-22)25(7-2-3-8-31(40)39-30(26)15-20)29-14-10-23(19-38-29)27-18-24(34)11-13-28(27)33(35,36)37/h4-6,9-15,17-19,25H,2-3,7-8,16H2,1H3,(H,39,40). The van der Waals surface area contributed by atoms with Gasteiger partial charge in [0.05, 0.1) is 19.1 Å². The van der Waals surface area contributed by atoms with Crippen molar-refractivity contribution < 1.29 is 27.5 Å². The molecular weight excluding hydrogens is 565 g/mol. The number of rotatable bonds is 4. The summed E-state index contributed by atoms with van der Waals surface area (Å²) in [6.07, 6.45) is -0.565. The van der Waals surface area contributed by atoms with E-state index in [-0.39, 0.29) is 34.8 Å². The summed E-state index contributed by atoms with van der Waals surface area (Å²) in [6.45, 7) is 0. The van der Waals surface area contributed by atoms with Crippen LogP contribution >= 0.6 is 11.6 Å². The molecule has 0 spiro atoms. The van der Waals surface area contributed by atoms with Crippen LogP contribution in [0.25, 0.3) is 22.3 Å². The van der Waals surface area contributed by atoms with Crippen molar-refractivity contribution in [2.45, 2.75) is 44.2 Å². The minimum atomic E-state index is -4.53. The lowest BCUT2D eigenvalue weighted by molar-refractivity contribution is -0.140. The third-order valence-corrected chi connectivity index (χ3v) is 7.66. The zero-order valence-electron chi connectivity index (χ0n) is 22.8. The van der Waals surface area contributed by atoms with Gasteiger partial charge in [0.15, 0.2) is 0 Å². The fourth-order valence-electron chi connectivity index (χ4n) is 5.32. The number of amides is 1. The van der Waals surface area contributed by atoms with Gasteiger partial charge in [-0.2, -0.15) is 13.2 Å². The highest BCUT2D eigenvalue weighted by atomic mass is 35.5. The van der Waals surface area contributed by atoms with Gasteiger partial charge in [-0.3, -0.25) is 14.6 Å². The number of hydrogen-bond acceptors (Lipinski definition) is 4. The SMILES string of the molecule is COC(=O)Cc1ccc2c(c1)NC(=O)CCCCC(c1ccc(-c3cc(Cl)ccc3C(F)(F)F)cn1)c1cccc-2c1. The Balaban J connectivity index is 1.53. The maximum atomic E-state index is 13.7. The number of pyridine rings is 1. The predicted molar refractivity (Wildman–Crippen MR) is 156 cm³/mol. The van der Waals surface area contributed by atoms with Gasteiger partial charge in [0.25, 0.3) is 0 Å². The molecule has 4 aromatic rings. The lowest BCUT2D eigenvalue weighted by Gasteiger charge is -2.21. The summed E-state index contributed by atoms with van der Waals surface area (Å²) in [5.41, 5.74) is 4.27. The highest BCUT2D eigenvalue weighted by Gasteiger charge is 2.34. The maximum Gasteiger partial charge on any atom is 0.417 e. The van der Waals surface area contributed by atoms with E-state index >= 15 is 0 Å². The van der Waals surface area contributed by atoms with Gasteiger partial charge in [0.1, 0.15) is 0 Å². The van der Waals surface area contributed by atoms with Crippen LogP contribution in [0, 0.1) is 0 Å². The van der Waals surface area contributed by atoms with Crippen molar-refractivity contribution in [3.8, 4) is 22.3 Å². The van der Waals surface area contributed by atoms with Crippen LogP contribution in [0.2, 0.25) is 5.02 Å². The number of fused-ring (bicyclic) bond motifs is 4. The Bertz CT molecular complexity index is 1620. The first-order valence-electron chi connectivity index (χ1n) is 13.6. The first kappa shape index (κ1) is 29.3. The van der Waals surface area contributed by atoms with Gasteiger partial charge < -0.3 is 10.1 Å². The zero-order valence-corrected chi connectivity index (χ0v) is 23.6. The molecule has 1 atom stereocenters. The second kappa shape index (κ2) is 12.4. The molecule has 1 N–H and O–H groups in total. The fraction of sp³-hybridized carbons (Fsp3) is 0.242. The van der Waals surface area contributed by atoms with Crippen LogP contribution in [-0.4, -0.2) is 24.0 Å². The van der Waals surface area contributed by atoms with Crippen molar-refractivity contribution in [1.29, 1.82) is 0 Å². The number of carbonyl (C=O) groups excluding carboxylic acids is 2. The largest absolute Gasteiger partial charge is 0.469 e. The lowest BCUT2D eigenvalue weighted by Crippen LogP contribution is -2.14. The average molecular weight is 593 g/mol. The molecule has 1 unspecified atom stereocenters. The molecule has 42 heavy (non-hydrogen) atoms. The predicted octanol–water partition coefficient (Wildman–Crippen LogP) is 8.45. The minimum absolute atomic E-state index is 0.0241. The summed E-state index contributed by atoms with van der Waals surface area (Å²) in [5.74, 6) is -0.628. The van der Waals surface area contributed by atoms with Crippen LogP contribution < -0.4 is 5.32 Å². The third kappa shape index (κ3) is 6.65. The third-order valence-electron chi connectivity index (χ3n) is 7.42. The van der Waals surface area contributed by atoms with Gasteiger partial charge in [-0.05, 0) is 65.4 Å². The Morgan fingerprint density at radius 1 is 1.00 bits per heavy atom. The number of esters is 1. The molecule has 1 aromatic heterocycles. The van der Waals surface area contributed by atoms with Crippen molar-refractivity contribution in [2.24, 2.45) is 0 Å². The Hall–Kier alpha value is -4.17. The van der Waals surface area contributed by atoms with E-state index < -0.39 is 11.7 Å². The number of benzene rings is 3. The fourth-order valence-corrected chi connectivity index (χ4v) is 5.50. The molecule has 2 heterocycles. The van der Waals surface area contributed by atoms with E-state index in [4.69, 9.17) is 16.3 Å². The van der Waals surface area contributed by atoms with Gasteiger partial charge in [-0.15, -0.1) is 0 Å². The summed E-state index contributed by atoms with van der Waals surface area (Å²) in [5, 5.41) is 3.22. The molecule has 5 rings (SSSR count). The molecular formula is C33H28ClF3N2O3. The molecule has 0 fully saturated rings. The van der Waals surface area contributed by atoms with Crippen LogP contribution in [0.5, 0.6) is 0 Å². The number of ether oxygens (including phenoxy) is 1. The van der Waals surface area contributed by atoms with Crippen LogP contribution in [0.1, 0.15) is 54.0 Å². The number of hydrogen-bond donors (Lipinski definition) is 1. The normalized spacial score (nSPS) is 15.5. The number of halogens is 4. The average Bonchev–Trinajstić information content (AvgIpc) is 2.96. The summed E-state index contributed by atoms with van der Waals surface area (Å²) in [7, 11) is 1.33. The van der Waals surface area contributed by atoms with Crippen molar-refractivity contribution in [3.05, 3.63) is 106 Å². The van der Waals surface area contributed by atoms with E-state index in [1.54, 1.807) is 18.2 Å². The molecule has 3 aromatic carbocycles. The van der Waals surface area contributed by atoms with Crippen molar-refractivity contribution >= 4 is 29.2 Å². The molecule has 0 radical (unpaired) electrons. The first-order valence-corrected chi connectivity index (χ1v) is 13.9. The lowest BCUT2D eigenvalue weighted by atomic mass is 9.87. The van der Waals surface area contributed by atoms with E-state index in [0.717, 1.165) is 40.4 Å². The molecule has 1 aliphatic heterocycles. The Labute approximate surface area is 246 Å². The van der Waals surface area contributed by atoms with Gasteiger partial charge in [-0.1, -0.05) is 60.5 Å². The number of carbonyl (C=O) groups is 2. The van der Waals surface area contributed by atoms with E-state index in [9.17, 15) is 22.8 Å². The molecule has 1 aliphatic rings. The number of alkyl halides is 3. The Kier molecular flexibility index (Phi) is 8.64. The highest BCUT2D eigenvalue weighted by Crippen LogP contribution is 2.40. The number of aromatic nitrogens is 1. The monoisotopic (exact) mass is 592 g/mol. The smallest absolute Gasteiger partial charge is 0.417 e. The van der Waals surface area contributed by atoms with E-state index in [0.29, 0.717) is 30.5 Å². The summed E-state index contributed by atoms with van der Waals surface area (Å²) >= 11 is 6.04. The van der Waals surface area contributed by atoms with Crippen LogP contribution in [-0.2, 0) is 26.9 Å². The van der Waals surface area contributed by atoms with Crippen LogP contribution in [0.15, 0.2) is 79.0 Å². The minimum Gasteiger partial charge on any atom is -0.469 e. The summed E-state index contributed by atoms with van der Waals surface area (Å²) in [4.78, 5) is 29.3.